The molecule has 0 bridgehead atoms. The zero-order valence-corrected chi connectivity index (χ0v) is 7.39. The number of hydrogen-bond acceptors (Lipinski definition) is 2. The molecule has 0 aliphatic heterocycles. The second kappa shape index (κ2) is 3.20. The van der Waals surface area contributed by atoms with Gasteiger partial charge in [-0.2, -0.15) is 0 Å². The number of nitrogens with zero attached hydrogens (tertiary/aromatic N) is 1. The monoisotopic (exact) mass is 170 g/mol. The van der Waals surface area contributed by atoms with Gasteiger partial charge in [-0.25, -0.2) is 4.98 Å². The van der Waals surface area contributed by atoms with Crippen LogP contribution in [0, 0.1) is 6.92 Å². The van der Waals surface area contributed by atoms with E-state index >= 15 is 0 Å². The van der Waals surface area contributed by atoms with Crippen LogP contribution in [0.4, 0.5) is 0 Å². The van der Waals surface area contributed by atoms with E-state index < -0.39 is 0 Å². The summed E-state index contributed by atoms with van der Waals surface area (Å²) in [5.41, 5.74) is 7.83. The largest absolute Gasteiger partial charge is 0.324 e. The van der Waals surface area contributed by atoms with E-state index in [9.17, 15) is 0 Å². The molecule has 2 N–H and O–H groups in total. The van der Waals surface area contributed by atoms with Crippen molar-refractivity contribution in [3.05, 3.63) is 28.5 Å². The summed E-state index contributed by atoms with van der Waals surface area (Å²) in [6.07, 6.45) is 1.72. The first kappa shape index (κ1) is 8.50. The average molecular weight is 171 g/mol. The van der Waals surface area contributed by atoms with Crippen LogP contribution in [-0.4, -0.2) is 4.98 Å². The SMILES string of the molecule is Cc1cc(Cl)ncc1[C@H](C)N. The van der Waals surface area contributed by atoms with Crippen LogP contribution in [0.15, 0.2) is 12.3 Å². The minimum Gasteiger partial charge on any atom is -0.324 e. The van der Waals surface area contributed by atoms with Crippen molar-refractivity contribution in [1.29, 1.82) is 0 Å². The van der Waals surface area contributed by atoms with E-state index in [0.717, 1.165) is 11.1 Å². The average Bonchev–Trinajstić information content (AvgIpc) is 1.85. The first-order chi connectivity index (χ1) is 5.11. The Labute approximate surface area is 71.4 Å². The number of hydrogen-bond donors (Lipinski definition) is 1. The summed E-state index contributed by atoms with van der Waals surface area (Å²) in [5.74, 6) is 0. The molecule has 0 amide bonds. The number of rotatable bonds is 1. The van der Waals surface area contributed by atoms with Gasteiger partial charge in [0.2, 0.25) is 0 Å². The highest BCUT2D eigenvalue weighted by Crippen LogP contribution is 2.16. The molecule has 1 rings (SSSR count). The third kappa shape index (κ3) is 1.91. The number of halogens is 1. The summed E-state index contributed by atoms with van der Waals surface area (Å²) in [6, 6.07) is 1.85. The predicted octanol–water partition coefficient (Wildman–Crippen LogP) is 2.06. The van der Waals surface area contributed by atoms with Crippen LogP contribution in [0.2, 0.25) is 5.15 Å². The minimum atomic E-state index is 0.0276. The normalized spacial score (nSPS) is 13.1. The maximum absolute atomic E-state index is 5.68. The molecule has 0 saturated heterocycles. The first-order valence-corrected chi connectivity index (χ1v) is 3.86. The van der Waals surface area contributed by atoms with Crippen LogP contribution in [0.25, 0.3) is 0 Å². The molecule has 0 aromatic carbocycles. The van der Waals surface area contributed by atoms with Crippen LogP contribution in [0.5, 0.6) is 0 Å². The molecule has 1 heterocycles. The van der Waals surface area contributed by atoms with Crippen molar-refractivity contribution in [2.24, 2.45) is 5.73 Å². The van der Waals surface area contributed by atoms with E-state index in [-0.39, 0.29) is 6.04 Å². The fourth-order valence-electron chi connectivity index (χ4n) is 1.01. The molecule has 11 heavy (non-hydrogen) atoms. The molecule has 0 radical (unpaired) electrons. The van der Waals surface area contributed by atoms with Crippen molar-refractivity contribution in [3.63, 3.8) is 0 Å². The third-order valence-electron chi connectivity index (χ3n) is 1.61. The Morgan fingerprint density at radius 1 is 1.64 bits per heavy atom. The molecular weight excluding hydrogens is 160 g/mol. The zero-order chi connectivity index (χ0) is 8.43. The Hall–Kier alpha value is -0.600. The summed E-state index contributed by atoms with van der Waals surface area (Å²) in [5, 5.41) is 0.520. The van der Waals surface area contributed by atoms with Crippen molar-refractivity contribution in [2.75, 3.05) is 0 Å². The molecule has 0 unspecified atom stereocenters. The van der Waals surface area contributed by atoms with Gasteiger partial charge in [-0.3, -0.25) is 0 Å². The Balaban J connectivity index is 3.09. The highest BCUT2D eigenvalue weighted by atomic mass is 35.5. The topological polar surface area (TPSA) is 38.9 Å². The summed E-state index contributed by atoms with van der Waals surface area (Å²) in [7, 11) is 0. The molecule has 60 valence electrons. The van der Waals surface area contributed by atoms with Crippen LogP contribution in [0.3, 0.4) is 0 Å². The number of pyridine rings is 1. The number of aryl methyl sites for hydroxylation is 1. The van der Waals surface area contributed by atoms with E-state index in [2.05, 4.69) is 4.98 Å². The van der Waals surface area contributed by atoms with Crippen molar-refractivity contribution in [2.45, 2.75) is 19.9 Å². The van der Waals surface area contributed by atoms with Gasteiger partial charge in [-0.05, 0) is 31.0 Å². The maximum atomic E-state index is 5.68. The highest BCUT2D eigenvalue weighted by Gasteiger charge is 2.03. The first-order valence-electron chi connectivity index (χ1n) is 3.49. The van der Waals surface area contributed by atoms with Gasteiger partial charge in [-0.15, -0.1) is 0 Å². The lowest BCUT2D eigenvalue weighted by atomic mass is 10.1. The standard InChI is InChI=1S/C8H11ClN2/c1-5-3-8(9)11-4-7(5)6(2)10/h3-4,6H,10H2,1-2H3/t6-/m0/s1. The molecule has 1 atom stereocenters. The predicted molar refractivity (Wildman–Crippen MR) is 46.6 cm³/mol. The number of nitrogens with two attached hydrogens (primary N) is 1. The Morgan fingerprint density at radius 3 is 2.73 bits per heavy atom. The van der Waals surface area contributed by atoms with Crippen LogP contribution in [0.1, 0.15) is 24.1 Å². The Kier molecular flexibility index (Phi) is 2.47. The lowest BCUT2D eigenvalue weighted by Gasteiger charge is -2.07. The maximum Gasteiger partial charge on any atom is 0.129 e. The van der Waals surface area contributed by atoms with Gasteiger partial charge in [0.05, 0.1) is 0 Å². The molecule has 0 aliphatic carbocycles. The van der Waals surface area contributed by atoms with E-state index in [1.54, 1.807) is 6.20 Å². The third-order valence-corrected chi connectivity index (χ3v) is 1.82. The number of aromatic nitrogens is 1. The van der Waals surface area contributed by atoms with E-state index in [0.29, 0.717) is 5.15 Å². The fraction of sp³-hybridized carbons (Fsp3) is 0.375. The Bertz CT molecular complexity index is 258. The fourth-order valence-corrected chi connectivity index (χ4v) is 1.22. The lowest BCUT2D eigenvalue weighted by Crippen LogP contribution is -2.07. The van der Waals surface area contributed by atoms with Gasteiger partial charge in [0.15, 0.2) is 0 Å². The highest BCUT2D eigenvalue weighted by molar-refractivity contribution is 6.29. The second-order valence-corrected chi connectivity index (χ2v) is 3.04. The van der Waals surface area contributed by atoms with Gasteiger partial charge in [-0.1, -0.05) is 11.6 Å². The molecule has 0 spiro atoms. The molecule has 0 saturated carbocycles. The second-order valence-electron chi connectivity index (χ2n) is 2.65. The van der Waals surface area contributed by atoms with Crippen molar-refractivity contribution in [1.82, 2.24) is 4.98 Å². The quantitative estimate of drug-likeness (QED) is 0.656. The Morgan fingerprint density at radius 2 is 2.27 bits per heavy atom. The summed E-state index contributed by atoms with van der Waals surface area (Å²) in [6.45, 7) is 3.91. The van der Waals surface area contributed by atoms with Gasteiger partial charge in [0, 0.05) is 12.2 Å². The summed E-state index contributed by atoms with van der Waals surface area (Å²) < 4.78 is 0. The molecule has 3 heteroatoms. The van der Waals surface area contributed by atoms with Crippen molar-refractivity contribution < 1.29 is 0 Å². The molecule has 1 aromatic rings. The van der Waals surface area contributed by atoms with Gasteiger partial charge >= 0.3 is 0 Å². The van der Waals surface area contributed by atoms with E-state index in [1.807, 2.05) is 19.9 Å². The van der Waals surface area contributed by atoms with Gasteiger partial charge in [0.1, 0.15) is 5.15 Å². The molecule has 0 fully saturated rings. The van der Waals surface area contributed by atoms with Gasteiger partial charge < -0.3 is 5.73 Å². The van der Waals surface area contributed by atoms with E-state index in [4.69, 9.17) is 17.3 Å². The lowest BCUT2D eigenvalue weighted by molar-refractivity contribution is 0.803. The molecule has 1 aromatic heterocycles. The smallest absolute Gasteiger partial charge is 0.129 e. The minimum absolute atomic E-state index is 0.0276. The van der Waals surface area contributed by atoms with Crippen LogP contribution >= 0.6 is 11.6 Å². The molecule has 0 aliphatic rings. The summed E-state index contributed by atoms with van der Waals surface area (Å²) in [4.78, 5) is 3.95. The van der Waals surface area contributed by atoms with Crippen LogP contribution in [-0.2, 0) is 0 Å². The van der Waals surface area contributed by atoms with E-state index in [1.165, 1.54) is 0 Å². The summed E-state index contributed by atoms with van der Waals surface area (Å²) >= 11 is 5.67. The molecular formula is C8H11ClN2. The van der Waals surface area contributed by atoms with Gasteiger partial charge in [0.25, 0.3) is 0 Å². The molecule has 2 nitrogen and oxygen atoms in total. The van der Waals surface area contributed by atoms with Crippen molar-refractivity contribution in [3.8, 4) is 0 Å². The van der Waals surface area contributed by atoms with Crippen LogP contribution < -0.4 is 5.73 Å². The zero-order valence-electron chi connectivity index (χ0n) is 6.63. The van der Waals surface area contributed by atoms with Crippen molar-refractivity contribution >= 4 is 11.6 Å².